The van der Waals surface area contributed by atoms with E-state index >= 15 is 0 Å². The molecule has 0 unspecified atom stereocenters. The molecule has 120 valence electrons. The fourth-order valence-corrected chi connectivity index (χ4v) is 1.93. The SMILES string of the molecule is CCCCOC(=O)C1=CC(OS(=O)(=O)C(F)(F)F)=CCC1. The van der Waals surface area contributed by atoms with Crippen LogP contribution in [0.25, 0.3) is 0 Å². The highest BCUT2D eigenvalue weighted by molar-refractivity contribution is 7.87. The fraction of sp³-hybridized carbons (Fsp3) is 0.583. The van der Waals surface area contributed by atoms with E-state index in [-0.39, 0.29) is 25.0 Å². The van der Waals surface area contributed by atoms with Gasteiger partial charge in [-0.15, -0.1) is 0 Å². The van der Waals surface area contributed by atoms with Gasteiger partial charge in [0.25, 0.3) is 0 Å². The second-order valence-corrected chi connectivity index (χ2v) is 5.83. The zero-order chi connectivity index (χ0) is 16.1. The van der Waals surface area contributed by atoms with Crippen LogP contribution in [0.5, 0.6) is 0 Å². The average molecular weight is 328 g/mol. The summed E-state index contributed by atoms with van der Waals surface area (Å²) in [7, 11) is -5.73. The van der Waals surface area contributed by atoms with Crippen LogP contribution >= 0.6 is 0 Å². The molecule has 1 aliphatic carbocycles. The summed E-state index contributed by atoms with van der Waals surface area (Å²) in [6, 6.07) is 0. The lowest BCUT2D eigenvalue weighted by molar-refractivity contribution is -0.139. The molecule has 0 bridgehead atoms. The minimum Gasteiger partial charge on any atom is -0.462 e. The monoisotopic (exact) mass is 328 g/mol. The van der Waals surface area contributed by atoms with Gasteiger partial charge in [-0.05, 0) is 31.4 Å². The van der Waals surface area contributed by atoms with Gasteiger partial charge in [0.1, 0.15) is 5.76 Å². The Balaban J connectivity index is 2.74. The maximum absolute atomic E-state index is 12.2. The van der Waals surface area contributed by atoms with Crippen molar-refractivity contribution in [2.24, 2.45) is 0 Å². The van der Waals surface area contributed by atoms with Gasteiger partial charge >= 0.3 is 21.6 Å². The Morgan fingerprint density at radius 2 is 2.05 bits per heavy atom. The minimum atomic E-state index is -5.73. The van der Waals surface area contributed by atoms with Crippen molar-refractivity contribution in [1.82, 2.24) is 0 Å². The number of hydrogen-bond donors (Lipinski definition) is 0. The first-order valence-electron chi connectivity index (χ1n) is 6.26. The number of alkyl halides is 3. The fourth-order valence-electron chi connectivity index (χ4n) is 1.47. The number of hydrogen-bond acceptors (Lipinski definition) is 5. The number of carbonyl (C=O) groups excluding carboxylic acids is 1. The van der Waals surface area contributed by atoms with Crippen LogP contribution in [0.1, 0.15) is 32.6 Å². The zero-order valence-corrected chi connectivity index (χ0v) is 12.1. The largest absolute Gasteiger partial charge is 0.534 e. The predicted molar refractivity (Wildman–Crippen MR) is 67.3 cm³/mol. The van der Waals surface area contributed by atoms with E-state index in [1.54, 1.807) is 0 Å². The molecule has 0 aromatic carbocycles. The average Bonchev–Trinajstić information content (AvgIpc) is 2.37. The number of esters is 1. The summed E-state index contributed by atoms with van der Waals surface area (Å²) in [6.07, 6.45) is 4.07. The Labute approximate surface area is 120 Å². The van der Waals surface area contributed by atoms with Crippen molar-refractivity contribution in [3.63, 3.8) is 0 Å². The number of ether oxygens (including phenoxy) is 1. The summed E-state index contributed by atoms with van der Waals surface area (Å²) < 4.78 is 67.2. The Morgan fingerprint density at radius 3 is 2.62 bits per heavy atom. The third-order valence-corrected chi connectivity index (χ3v) is 3.54. The van der Waals surface area contributed by atoms with Gasteiger partial charge < -0.3 is 8.92 Å². The molecule has 0 N–H and O–H groups in total. The quantitative estimate of drug-likeness (QED) is 0.324. The topological polar surface area (TPSA) is 69.7 Å². The van der Waals surface area contributed by atoms with Crippen molar-refractivity contribution in [2.75, 3.05) is 6.61 Å². The van der Waals surface area contributed by atoms with Crippen molar-refractivity contribution in [3.8, 4) is 0 Å². The summed E-state index contributed by atoms with van der Waals surface area (Å²) in [5.41, 5.74) is -5.43. The number of allylic oxidation sites excluding steroid dienone is 2. The summed E-state index contributed by atoms with van der Waals surface area (Å²) >= 11 is 0. The molecule has 0 aromatic heterocycles. The van der Waals surface area contributed by atoms with E-state index in [9.17, 15) is 26.4 Å². The van der Waals surface area contributed by atoms with E-state index in [0.29, 0.717) is 6.42 Å². The van der Waals surface area contributed by atoms with Crippen LogP contribution in [-0.4, -0.2) is 26.5 Å². The van der Waals surface area contributed by atoms with Crippen LogP contribution in [0.2, 0.25) is 0 Å². The molecule has 9 heteroatoms. The van der Waals surface area contributed by atoms with Crippen LogP contribution in [0.4, 0.5) is 13.2 Å². The second kappa shape index (κ2) is 6.97. The normalized spacial score (nSPS) is 16.0. The molecule has 5 nitrogen and oxygen atoms in total. The van der Waals surface area contributed by atoms with Crippen LogP contribution in [0.3, 0.4) is 0 Å². The van der Waals surface area contributed by atoms with Gasteiger partial charge in [-0.1, -0.05) is 13.3 Å². The number of halogens is 3. The molecule has 0 radical (unpaired) electrons. The molecule has 0 aliphatic heterocycles. The maximum Gasteiger partial charge on any atom is 0.534 e. The molecule has 0 fully saturated rings. The van der Waals surface area contributed by atoms with Crippen molar-refractivity contribution >= 4 is 16.1 Å². The van der Waals surface area contributed by atoms with Crippen LogP contribution in [0.15, 0.2) is 23.5 Å². The van der Waals surface area contributed by atoms with E-state index in [4.69, 9.17) is 4.74 Å². The van der Waals surface area contributed by atoms with Crippen molar-refractivity contribution in [1.29, 1.82) is 0 Å². The highest BCUT2D eigenvalue weighted by Gasteiger charge is 2.48. The molecular weight excluding hydrogens is 313 g/mol. The summed E-state index contributed by atoms with van der Waals surface area (Å²) in [5.74, 6) is -1.21. The molecule has 1 rings (SSSR count). The second-order valence-electron chi connectivity index (χ2n) is 4.29. The minimum absolute atomic E-state index is 0.0842. The Kier molecular flexibility index (Phi) is 5.82. The Hall–Kier alpha value is -1.51. The number of carbonyl (C=O) groups is 1. The third kappa shape index (κ3) is 5.07. The molecule has 21 heavy (non-hydrogen) atoms. The molecular formula is C12H15F3O5S. The van der Waals surface area contributed by atoms with E-state index in [1.165, 1.54) is 6.08 Å². The van der Waals surface area contributed by atoms with E-state index in [1.807, 2.05) is 6.92 Å². The van der Waals surface area contributed by atoms with Gasteiger partial charge in [-0.3, -0.25) is 0 Å². The highest BCUT2D eigenvalue weighted by atomic mass is 32.2. The molecule has 0 spiro atoms. The van der Waals surface area contributed by atoms with E-state index < -0.39 is 27.4 Å². The molecule has 1 aliphatic rings. The standard InChI is InChI=1S/C12H15F3O5S/c1-2-3-7-19-11(16)9-5-4-6-10(8-9)20-21(17,18)12(13,14)15/h6,8H,2-5,7H2,1H3. The van der Waals surface area contributed by atoms with Gasteiger partial charge in [0.05, 0.1) is 6.61 Å². The number of rotatable bonds is 6. The molecule has 0 saturated carbocycles. The molecule has 0 saturated heterocycles. The molecule has 0 aromatic rings. The Bertz CT molecular complexity index is 546. The van der Waals surface area contributed by atoms with Crippen LogP contribution < -0.4 is 0 Å². The lowest BCUT2D eigenvalue weighted by atomic mass is 10.0. The summed E-state index contributed by atoms with van der Waals surface area (Å²) in [5, 5.41) is 0. The van der Waals surface area contributed by atoms with Crippen LogP contribution in [0, 0.1) is 0 Å². The first-order valence-corrected chi connectivity index (χ1v) is 7.67. The summed E-state index contributed by atoms with van der Waals surface area (Å²) in [4.78, 5) is 11.6. The third-order valence-electron chi connectivity index (χ3n) is 2.56. The van der Waals surface area contributed by atoms with Crippen LogP contribution in [-0.2, 0) is 23.8 Å². The van der Waals surface area contributed by atoms with E-state index in [2.05, 4.69) is 4.18 Å². The first-order chi connectivity index (χ1) is 9.67. The van der Waals surface area contributed by atoms with Gasteiger partial charge in [-0.2, -0.15) is 21.6 Å². The van der Waals surface area contributed by atoms with Gasteiger partial charge in [0.2, 0.25) is 0 Å². The van der Waals surface area contributed by atoms with Gasteiger partial charge in [0.15, 0.2) is 0 Å². The van der Waals surface area contributed by atoms with E-state index in [0.717, 1.165) is 12.5 Å². The zero-order valence-electron chi connectivity index (χ0n) is 11.3. The highest BCUT2D eigenvalue weighted by Crippen LogP contribution is 2.29. The van der Waals surface area contributed by atoms with Crippen molar-refractivity contribution in [2.45, 2.75) is 38.1 Å². The lowest BCUT2D eigenvalue weighted by Crippen LogP contribution is -2.25. The summed E-state index contributed by atoms with van der Waals surface area (Å²) in [6.45, 7) is 2.11. The molecule has 0 amide bonds. The predicted octanol–water partition coefficient (Wildman–Crippen LogP) is 2.80. The molecule has 0 atom stereocenters. The van der Waals surface area contributed by atoms with Gasteiger partial charge in [0, 0.05) is 5.57 Å². The maximum atomic E-state index is 12.2. The molecule has 0 heterocycles. The number of unbranched alkanes of at least 4 members (excludes halogenated alkanes) is 1. The van der Waals surface area contributed by atoms with Crippen molar-refractivity contribution < 1.29 is 35.3 Å². The van der Waals surface area contributed by atoms with Gasteiger partial charge in [-0.25, -0.2) is 4.79 Å². The smallest absolute Gasteiger partial charge is 0.462 e. The van der Waals surface area contributed by atoms with Crippen molar-refractivity contribution in [3.05, 3.63) is 23.5 Å². The Morgan fingerprint density at radius 1 is 1.38 bits per heavy atom. The first kappa shape index (κ1) is 17.5. The lowest BCUT2D eigenvalue weighted by Gasteiger charge is -2.15.